The minimum absolute atomic E-state index is 0.652. The van der Waals surface area contributed by atoms with Gasteiger partial charge in [-0.15, -0.1) is 0 Å². The quantitative estimate of drug-likeness (QED) is 0.246. The summed E-state index contributed by atoms with van der Waals surface area (Å²) in [5, 5.41) is 0. The van der Waals surface area contributed by atoms with Crippen LogP contribution in [-0.2, 0) is 0 Å². The fraction of sp³-hybridized carbons (Fsp3) is 0.958. The Morgan fingerprint density at radius 2 is 1.04 bits per heavy atom. The standard InChI is InChI=1S/C24H50N3/c1-7-10-13-16-19-25(4)22-23(26(5)20-17-14-11-8-2)24(22)27(6)21-18-15-12-9-3/h22-23H,7-21H2,1-6H3/q+1. The summed E-state index contributed by atoms with van der Waals surface area (Å²) in [5.74, 6) is 0. The molecule has 0 bridgehead atoms. The van der Waals surface area contributed by atoms with Gasteiger partial charge < -0.3 is 0 Å². The van der Waals surface area contributed by atoms with Crippen molar-refractivity contribution in [3.63, 3.8) is 0 Å². The lowest BCUT2D eigenvalue weighted by molar-refractivity contribution is -0.496. The average Bonchev–Trinajstić information content (AvgIpc) is 3.41. The van der Waals surface area contributed by atoms with E-state index in [2.05, 4.69) is 56.3 Å². The first-order chi connectivity index (χ1) is 13.1. The Hall–Kier alpha value is -0.410. The number of hydrogen-bond donors (Lipinski definition) is 0. The summed E-state index contributed by atoms with van der Waals surface area (Å²) in [5.41, 5.74) is 1.68. The van der Waals surface area contributed by atoms with E-state index in [1.165, 1.54) is 96.7 Å². The molecular weight excluding hydrogens is 330 g/mol. The van der Waals surface area contributed by atoms with Gasteiger partial charge >= 0.3 is 0 Å². The SMILES string of the molecule is CCCCCCN(C)C1C(=[N+](C)CCCCCC)C1N(C)CCCCCC. The molecule has 1 aliphatic rings. The zero-order chi connectivity index (χ0) is 20.1. The van der Waals surface area contributed by atoms with Gasteiger partial charge in [0.15, 0.2) is 5.71 Å². The Bertz CT molecular complexity index is 378. The molecule has 0 aromatic carbocycles. The molecule has 0 aliphatic heterocycles. The van der Waals surface area contributed by atoms with Crippen molar-refractivity contribution < 1.29 is 4.58 Å². The van der Waals surface area contributed by atoms with Crippen molar-refractivity contribution in [3.8, 4) is 0 Å². The lowest BCUT2D eigenvalue weighted by atomic mass is 10.2. The van der Waals surface area contributed by atoms with E-state index in [9.17, 15) is 0 Å². The molecule has 0 N–H and O–H groups in total. The van der Waals surface area contributed by atoms with Gasteiger partial charge in [0.25, 0.3) is 0 Å². The van der Waals surface area contributed by atoms with E-state index < -0.39 is 0 Å². The number of hydrogen-bond acceptors (Lipinski definition) is 2. The predicted octanol–water partition coefficient (Wildman–Crippen LogP) is 5.43. The molecule has 3 nitrogen and oxygen atoms in total. The lowest BCUT2D eigenvalue weighted by Gasteiger charge is -2.18. The highest BCUT2D eigenvalue weighted by Gasteiger charge is 2.57. The molecule has 1 saturated carbocycles. The first-order valence-corrected chi connectivity index (χ1v) is 12.1. The zero-order valence-electron chi connectivity index (χ0n) is 19.6. The highest BCUT2D eigenvalue weighted by Crippen LogP contribution is 2.29. The molecule has 0 aromatic heterocycles. The molecule has 1 fully saturated rings. The van der Waals surface area contributed by atoms with Crippen LogP contribution in [0.25, 0.3) is 0 Å². The molecule has 0 radical (unpaired) electrons. The van der Waals surface area contributed by atoms with Gasteiger partial charge in [0.1, 0.15) is 25.7 Å². The van der Waals surface area contributed by atoms with Crippen LogP contribution in [0.1, 0.15) is 97.8 Å². The summed E-state index contributed by atoms with van der Waals surface area (Å²) in [6, 6.07) is 1.30. The van der Waals surface area contributed by atoms with E-state index in [4.69, 9.17) is 0 Å². The molecule has 2 atom stereocenters. The van der Waals surface area contributed by atoms with Gasteiger partial charge in [-0.3, -0.25) is 9.80 Å². The molecule has 0 heterocycles. The summed E-state index contributed by atoms with van der Waals surface area (Å²) < 4.78 is 2.59. The normalized spacial score (nSPS) is 19.3. The maximum Gasteiger partial charge on any atom is 0.191 e. The van der Waals surface area contributed by atoms with E-state index in [0.717, 1.165) is 0 Å². The topological polar surface area (TPSA) is 9.49 Å². The molecule has 1 rings (SSSR count). The summed E-state index contributed by atoms with van der Waals surface area (Å²) in [6.45, 7) is 10.6. The zero-order valence-corrected chi connectivity index (χ0v) is 19.6. The summed E-state index contributed by atoms with van der Waals surface area (Å²) >= 11 is 0. The highest BCUT2D eigenvalue weighted by molar-refractivity contribution is 6.07. The van der Waals surface area contributed by atoms with E-state index in [1.54, 1.807) is 5.71 Å². The molecule has 3 heteroatoms. The molecule has 0 aromatic rings. The second-order valence-electron chi connectivity index (χ2n) is 8.88. The third kappa shape index (κ3) is 9.09. The molecule has 0 spiro atoms. The first kappa shape index (κ1) is 24.6. The number of likely N-dealkylation sites (N-methyl/N-ethyl adjacent to an activating group) is 2. The lowest BCUT2D eigenvalue weighted by Crippen LogP contribution is -2.32. The summed E-state index contributed by atoms with van der Waals surface area (Å²) in [7, 11) is 7.04. The fourth-order valence-electron chi connectivity index (χ4n) is 4.37. The van der Waals surface area contributed by atoms with Crippen molar-refractivity contribution in [2.24, 2.45) is 0 Å². The highest BCUT2D eigenvalue weighted by atomic mass is 15.3. The van der Waals surface area contributed by atoms with E-state index in [0.29, 0.717) is 12.1 Å². The third-order valence-corrected chi connectivity index (χ3v) is 6.26. The van der Waals surface area contributed by atoms with Crippen LogP contribution in [0.2, 0.25) is 0 Å². The fourth-order valence-corrected chi connectivity index (χ4v) is 4.37. The van der Waals surface area contributed by atoms with Crippen LogP contribution in [-0.4, -0.2) is 72.9 Å². The molecule has 0 saturated heterocycles. The maximum atomic E-state index is 2.64. The van der Waals surface area contributed by atoms with E-state index in [-0.39, 0.29) is 0 Å². The maximum absolute atomic E-state index is 2.64. The van der Waals surface area contributed by atoms with Crippen LogP contribution in [0.4, 0.5) is 0 Å². The van der Waals surface area contributed by atoms with Gasteiger partial charge in [0, 0.05) is 6.42 Å². The van der Waals surface area contributed by atoms with Crippen LogP contribution in [0, 0.1) is 0 Å². The van der Waals surface area contributed by atoms with E-state index >= 15 is 0 Å². The molecule has 27 heavy (non-hydrogen) atoms. The van der Waals surface area contributed by atoms with Gasteiger partial charge in [-0.2, -0.15) is 0 Å². The number of rotatable bonds is 17. The van der Waals surface area contributed by atoms with Crippen LogP contribution in [0.3, 0.4) is 0 Å². The van der Waals surface area contributed by atoms with Crippen molar-refractivity contribution in [1.29, 1.82) is 0 Å². The molecule has 2 unspecified atom stereocenters. The Labute approximate surface area is 171 Å². The monoisotopic (exact) mass is 380 g/mol. The molecule has 160 valence electrons. The Morgan fingerprint density at radius 3 is 1.44 bits per heavy atom. The first-order valence-electron chi connectivity index (χ1n) is 12.1. The van der Waals surface area contributed by atoms with Crippen molar-refractivity contribution in [3.05, 3.63) is 0 Å². The Balaban J connectivity index is 2.61. The van der Waals surface area contributed by atoms with Gasteiger partial charge in [0.05, 0.1) is 0 Å². The van der Waals surface area contributed by atoms with Gasteiger partial charge in [0.2, 0.25) is 0 Å². The minimum atomic E-state index is 0.652. The predicted molar refractivity (Wildman–Crippen MR) is 121 cm³/mol. The minimum Gasteiger partial charge on any atom is -0.293 e. The van der Waals surface area contributed by atoms with Crippen LogP contribution >= 0.6 is 0 Å². The number of unbranched alkanes of at least 4 members (excludes halogenated alkanes) is 9. The van der Waals surface area contributed by atoms with Crippen LogP contribution in [0.15, 0.2) is 0 Å². The van der Waals surface area contributed by atoms with Crippen LogP contribution in [0.5, 0.6) is 0 Å². The van der Waals surface area contributed by atoms with Crippen molar-refractivity contribution in [2.75, 3.05) is 40.8 Å². The smallest absolute Gasteiger partial charge is 0.191 e. The van der Waals surface area contributed by atoms with Crippen molar-refractivity contribution >= 4 is 5.71 Å². The van der Waals surface area contributed by atoms with E-state index in [1.807, 2.05) is 0 Å². The van der Waals surface area contributed by atoms with Crippen LogP contribution < -0.4 is 0 Å². The molecule has 1 aliphatic carbocycles. The van der Waals surface area contributed by atoms with Crippen molar-refractivity contribution in [1.82, 2.24) is 9.80 Å². The largest absolute Gasteiger partial charge is 0.293 e. The summed E-state index contributed by atoms with van der Waals surface area (Å²) in [6.07, 6.45) is 16.3. The van der Waals surface area contributed by atoms with Gasteiger partial charge in [-0.25, -0.2) is 4.58 Å². The summed E-state index contributed by atoms with van der Waals surface area (Å²) in [4.78, 5) is 5.28. The molecule has 0 amide bonds. The number of nitrogens with zero attached hydrogens (tertiary/aromatic N) is 3. The average molecular weight is 381 g/mol. The van der Waals surface area contributed by atoms with Gasteiger partial charge in [-0.1, -0.05) is 72.1 Å². The Morgan fingerprint density at radius 1 is 0.630 bits per heavy atom. The second-order valence-corrected chi connectivity index (χ2v) is 8.88. The van der Waals surface area contributed by atoms with Gasteiger partial charge in [-0.05, 0) is 46.4 Å². The molecular formula is C24H50N3+. The second kappa shape index (κ2) is 14.6. The third-order valence-electron chi connectivity index (χ3n) is 6.26. The Kier molecular flexibility index (Phi) is 13.3. The van der Waals surface area contributed by atoms with Crippen molar-refractivity contribution in [2.45, 2.75) is 110 Å².